The average molecular weight is 424 g/mol. The highest BCUT2D eigenvalue weighted by Gasteiger charge is 2.35. The van der Waals surface area contributed by atoms with E-state index in [1.807, 2.05) is 30.3 Å². The number of nitrogens with zero attached hydrogens (tertiary/aromatic N) is 1. The maximum absolute atomic E-state index is 12.7. The summed E-state index contributed by atoms with van der Waals surface area (Å²) in [6.07, 6.45) is 4.83. The number of hydrogen-bond donors (Lipinski definition) is 1. The number of amides is 2. The molecule has 0 saturated carbocycles. The first-order chi connectivity index (χ1) is 15.1. The van der Waals surface area contributed by atoms with E-state index in [1.54, 1.807) is 17.0 Å². The van der Waals surface area contributed by atoms with Crippen molar-refractivity contribution in [3.05, 3.63) is 42.5 Å². The second-order valence-corrected chi connectivity index (χ2v) is 7.87. The third-order valence-electron chi connectivity index (χ3n) is 5.55. The fourth-order valence-corrected chi connectivity index (χ4v) is 3.78. The van der Waals surface area contributed by atoms with Gasteiger partial charge in [0.05, 0.1) is 12.5 Å². The topological polar surface area (TPSA) is 77.1 Å². The molecule has 1 N–H and O–H groups in total. The molecule has 1 atom stereocenters. The first kappa shape index (κ1) is 21.0. The molecule has 2 aromatic carbocycles. The standard InChI is InChI=1S/C24H28N2O5/c1-2-3-4-5-12-29-20-9-6-18(7-10-20)25-24(28)17-13-23(27)26(15-17)19-8-11-21-22(14-19)31-16-30-21/h6-11,14,17H,2-5,12-13,15-16H2,1H3,(H,25,28). The second-order valence-electron chi connectivity index (χ2n) is 7.87. The second kappa shape index (κ2) is 9.73. The molecule has 2 amide bonds. The van der Waals surface area contributed by atoms with Crippen molar-refractivity contribution < 1.29 is 23.8 Å². The van der Waals surface area contributed by atoms with Crippen LogP contribution in [-0.2, 0) is 9.59 Å². The Bertz CT molecular complexity index is 928. The van der Waals surface area contributed by atoms with E-state index in [-0.39, 0.29) is 25.0 Å². The summed E-state index contributed by atoms with van der Waals surface area (Å²) in [5, 5.41) is 2.91. The Balaban J connectivity index is 1.29. The van der Waals surface area contributed by atoms with E-state index < -0.39 is 5.92 Å². The number of benzene rings is 2. The molecule has 0 aliphatic carbocycles. The molecule has 2 aliphatic heterocycles. The molecule has 0 spiro atoms. The number of hydrogen-bond acceptors (Lipinski definition) is 5. The average Bonchev–Trinajstić information content (AvgIpc) is 3.40. The molecule has 2 aromatic rings. The molecular weight excluding hydrogens is 396 g/mol. The van der Waals surface area contributed by atoms with E-state index in [1.165, 1.54) is 19.3 Å². The van der Waals surface area contributed by atoms with E-state index in [0.717, 1.165) is 12.2 Å². The van der Waals surface area contributed by atoms with Crippen molar-refractivity contribution in [3.63, 3.8) is 0 Å². The van der Waals surface area contributed by atoms with Crippen molar-refractivity contribution in [1.82, 2.24) is 0 Å². The molecule has 7 heteroatoms. The summed E-state index contributed by atoms with van der Waals surface area (Å²) < 4.78 is 16.4. The normalized spacial score (nSPS) is 17.1. The van der Waals surface area contributed by atoms with Crippen molar-refractivity contribution >= 4 is 23.2 Å². The van der Waals surface area contributed by atoms with Crippen molar-refractivity contribution in [2.45, 2.75) is 39.0 Å². The number of nitrogens with one attached hydrogen (secondary N) is 1. The molecule has 1 saturated heterocycles. The zero-order chi connectivity index (χ0) is 21.6. The van der Waals surface area contributed by atoms with Gasteiger partial charge in [-0.3, -0.25) is 9.59 Å². The Morgan fingerprint density at radius 1 is 1.10 bits per heavy atom. The SMILES string of the molecule is CCCCCCOc1ccc(NC(=O)C2CC(=O)N(c3ccc4c(c3)OCO4)C2)cc1. The van der Waals surface area contributed by atoms with E-state index >= 15 is 0 Å². The van der Waals surface area contributed by atoms with Crippen LogP contribution < -0.4 is 24.4 Å². The van der Waals surface area contributed by atoms with Crippen LogP contribution in [0, 0.1) is 5.92 Å². The highest BCUT2D eigenvalue weighted by Crippen LogP contribution is 2.37. The minimum Gasteiger partial charge on any atom is -0.494 e. The predicted octanol–water partition coefficient (Wildman–Crippen LogP) is 4.37. The van der Waals surface area contributed by atoms with E-state index in [2.05, 4.69) is 12.2 Å². The molecular formula is C24H28N2O5. The van der Waals surface area contributed by atoms with Crippen LogP contribution >= 0.6 is 0 Å². The van der Waals surface area contributed by atoms with Crippen LogP contribution in [0.25, 0.3) is 0 Å². The molecule has 0 radical (unpaired) electrons. The lowest BCUT2D eigenvalue weighted by atomic mass is 10.1. The number of unbranched alkanes of at least 4 members (excludes halogenated alkanes) is 3. The summed E-state index contributed by atoms with van der Waals surface area (Å²) in [5.74, 6) is 1.42. The van der Waals surface area contributed by atoms with Gasteiger partial charge in [-0.2, -0.15) is 0 Å². The first-order valence-electron chi connectivity index (χ1n) is 10.9. The maximum Gasteiger partial charge on any atom is 0.231 e. The van der Waals surface area contributed by atoms with E-state index in [0.29, 0.717) is 36.0 Å². The lowest BCUT2D eigenvalue weighted by molar-refractivity contribution is -0.122. The molecule has 1 fully saturated rings. The Morgan fingerprint density at radius 2 is 1.90 bits per heavy atom. The number of carbonyl (C=O) groups is 2. The van der Waals surface area contributed by atoms with Gasteiger partial charge >= 0.3 is 0 Å². The van der Waals surface area contributed by atoms with E-state index in [4.69, 9.17) is 14.2 Å². The molecule has 0 aromatic heterocycles. The third kappa shape index (κ3) is 5.10. The van der Waals surface area contributed by atoms with Crippen molar-refractivity contribution in [1.29, 1.82) is 0 Å². The van der Waals surface area contributed by atoms with Gasteiger partial charge in [0.15, 0.2) is 11.5 Å². The van der Waals surface area contributed by atoms with Crippen molar-refractivity contribution in [3.8, 4) is 17.2 Å². The minimum atomic E-state index is -0.410. The molecule has 4 rings (SSSR count). The maximum atomic E-state index is 12.7. The van der Waals surface area contributed by atoms with Gasteiger partial charge in [-0.15, -0.1) is 0 Å². The monoisotopic (exact) mass is 424 g/mol. The van der Waals surface area contributed by atoms with Gasteiger partial charge in [0, 0.05) is 30.4 Å². The smallest absolute Gasteiger partial charge is 0.231 e. The Labute approximate surface area is 182 Å². The fourth-order valence-electron chi connectivity index (χ4n) is 3.78. The van der Waals surface area contributed by atoms with Gasteiger partial charge in [0.1, 0.15) is 5.75 Å². The molecule has 7 nitrogen and oxygen atoms in total. The number of ether oxygens (including phenoxy) is 3. The highest BCUT2D eigenvalue weighted by molar-refractivity contribution is 6.03. The summed E-state index contributed by atoms with van der Waals surface area (Å²) in [6.45, 7) is 3.40. The van der Waals surface area contributed by atoms with Crippen LogP contribution in [0.1, 0.15) is 39.0 Å². The van der Waals surface area contributed by atoms with Crippen molar-refractivity contribution in [2.24, 2.45) is 5.92 Å². The van der Waals surface area contributed by atoms with Gasteiger partial charge < -0.3 is 24.4 Å². The summed E-state index contributed by atoms with van der Waals surface area (Å²) in [7, 11) is 0. The van der Waals surface area contributed by atoms with Gasteiger partial charge in [0.2, 0.25) is 18.6 Å². The quantitative estimate of drug-likeness (QED) is 0.605. The van der Waals surface area contributed by atoms with E-state index in [9.17, 15) is 9.59 Å². The van der Waals surface area contributed by atoms with Gasteiger partial charge in [-0.05, 0) is 42.8 Å². The molecule has 2 aliphatic rings. The predicted molar refractivity (Wildman–Crippen MR) is 118 cm³/mol. The summed E-state index contributed by atoms with van der Waals surface area (Å²) >= 11 is 0. The van der Waals surface area contributed by atoms with Gasteiger partial charge in [-0.1, -0.05) is 26.2 Å². The van der Waals surface area contributed by atoms with Gasteiger partial charge in [-0.25, -0.2) is 0 Å². The third-order valence-corrected chi connectivity index (χ3v) is 5.55. The van der Waals surface area contributed by atoms with Crippen LogP contribution in [0.5, 0.6) is 17.2 Å². The van der Waals surface area contributed by atoms with Crippen LogP contribution in [-0.4, -0.2) is 31.8 Å². The van der Waals surface area contributed by atoms with Crippen LogP contribution in [0.15, 0.2) is 42.5 Å². The Kier molecular flexibility index (Phi) is 6.60. The lowest BCUT2D eigenvalue weighted by Gasteiger charge is -2.17. The number of anilines is 2. The molecule has 164 valence electrons. The number of rotatable bonds is 9. The lowest BCUT2D eigenvalue weighted by Crippen LogP contribution is -2.28. The molecule has 2 heterocycles. The first-order valence-corrected chi connectivity index (χ1v) is 10.9. The van der Waals surface area contributed by atoms with Crippen LogP contribution in [0.3, 0.4) is 0 Å². The fraction of sp³-hybridized carbons (Fsp3) is 0.417. The number of carbonyl (C=O) groups excluding carboxylic acids is 2. The zero-order valence-corrected chi connectivity index (χ0v) is 17.8. The minimum absolute atomic E-state index is 0.0779. The van der Waals surface area contributed by atoms with Crippen molar-refractivity contribution in [2.75, 3.05) is 30.2 Å². The summed E-state index contributed by atoms with van der Waals surface area (Å²) in [5.41, 5.74) is 1.40. The van der Waals surface area contributed by atoms with Crippen LogP contribution in [0.2, 0.25) is 0 Å². The molecule has 0 bridgehead atoms. The number of fused-ring (bicyclic) bond motifs is 1. The molecule has 31 heavy (non-hydrogen) atoms. The van der Waals surface area contributed by atoms with Crippen LogP contribution in [0.4, 0.5) is 11.4 Å². The molecule has 1 unspecified atom stereocenters. The summed E-state index contributed by atoms with van der Waals surface area (Å²) in [6, 6.07) is 12.7. The largest absolute Gasteiger partial charge is 0.494 e. The summed E-state index contributed by atoms with van der Waals surface area (Å²) in [4.78, 5) is 26.9. The Hall–Kier alpha value is -3.22. The van der Waals surface area contributed by atoms with Gasteiger partial charge in [0.25, 0.3) is 0 Å². The Morgan fingerprint density at radius 3 is 2.71 bits per heavy atom. The zero-order valence-electron chi connectivity index (χ0n) is 17.8. The highest BCUT2D eigenvalue weighted by atomic mass is 16.7.